The minimum Gasteiger partial charge on any atom is -0.507 e. The van der Waals surface area contributed by atoms with Crippen LogP contribution in [0.1, 0.15) is 26.3 Å². The van der Waals surface area contributed by atoms with Crippen LogP contribution in [0, 0.1) is 0 Å². The van der Waals surface area contributed by atoms with Gasteiger partial charge in [0.25, 0.3) is 0 Å². The second-order valence-electron chi connectivity index (χ2n) is 3.97. The lowest BCUT2D eigenvalue weighted by Gasteiger charge is -2.08. The summed E-state index contributed by atoms with van der Waals surface area (Å²) in [6, 6.07) is 8.44. The van der Waals surface area contributed by atoms with Crippen molar-refractivity contribution in [2.45, 2.75) is 0 Å². The number of carbonyl (C=O) groups is 2. The van der Waals surface area contributed by atoms with Crippen molar-refractivity contribution >= 4 is 17.8 Å². The molecule has 0 amide bonds. The van der Waals surface area contributed by atoms with Gasteiger partial charge in [-0.05, 0) is 36.4 Å². The van der Waals surface area contributed by atoms with Crippen LogP contribution < -0.4 is 17.4 Å². The van der Waals surface area contributed by atoms with Crippen molar-refractivity contribution in [2.24, 2.45) is 11.7 Å². The van der Waals surface area contributed by atoms with E-state index in [2.05, 4.69) is 11.7 Å². The highest BCUT2D eigenvalue weighted by molar-refractivity contribution is 6.13. The first-order chi connectivity index (χ1) is 10.0. The molecule has 110 valence electrons. The molecule has 8 N–H and O–H groups in total. The summed E-state index contributed by atoms with van der Waals surface area (Å²) < 4.78 is 0. The molecule has 7 nitrogen and oxygen atoms in total. The number of rotatable bonds is 3. The summed E-state index contributed by atoms with van der Waals surface area (Å²) in [6.07, 6.45) is 0.411. The third kappa shape index (κ3) is 3.35. The maximum Gasteiger partial charge on any atom is 0.200 e. The maximum absolute atomic E-state index is 12.2. The molecule has 2 aromatic rings. The Morgan fingerprint density at radius 2 is 1.57 bits per heavy atom. The molecule has 0 radical (unpaired) electrons. The number of hydrogen-bond donors (Lipinski definition) is 5. The second-order valence-corrected chi connectivity index (χ2v) is 3.97. The van der Waals surface area contributed by atoms with Crippen LogP contribution in [0.2, 0.25) is 0 Å². The Balaban J connectivity index is 0.00000106. The third-order valence-corrected chi connectivity index (χ3v) is 2.71. The number of aromatic hydroxyl groups is 2. The molecule has 0 atom stereocenters. The number of phenolic OH excluding ortho intramolecular Hbond substituents is 2. The molecule has 2 aromatic carbocycles. The van der Waals surface area contributed by atoms with Gasteiger partial charge in [-0.3, -0.25) is 21.3 Å². The molecule has 0 aliphatic carbocycles. The van der Waals surface area contributed by atoms with E-state index in [4.69, 9.17) is 5.73 Å². The zero-order chi connectivity index (χ0) is 16.0. The zero-order valence-corrected chi connectivity index (χ0v) is 11.0. The van der Waals surface area contributed by atoms with Gasteiger partial charge in [0, 0.05) is 11.3 Å². The van der Waals surface area contributed by atoms with Crippen molar-refractivity contribution in [2.75, 3.05) is 5.73 Å². The van der Waals surface area contributed by atoms with Gasteiger partial charge in [-0.2, -0.15) is 0 Å². The average Bonchev–Trinajstić information content (AvgIpc) is 2.50. The van der Waals surface area contributed by atoms with Crippen LogP contribution in [0.15, 0.2) is 36.4 Å². The highest BCUT2D eigenvalue weighted by Gasteiger charge is 2.20. The first-order valence-electron chi connectivity index (χ1n) is 5.78. The number of benzene rings is 2. The molecule has 0 unspecified atom stereocenters. The molecule has 2 rings (SSSR count). The van der Waals surface area contributed by atoms with Gasteiger partial charge in [-0.1, -0.05) is 0 Å². The minimum atomic E-state index is -0.585. The average molecular weight is 289 g/mol. The SMILES string of the molecule is NN.Nc1ccc(C(=O)c2c(O)ccc(C=O)c2O)cc1. The first-order valence-corrected chi connectivity index (χ1v) is 5.78. The summed E-state index contributed by atoms with van der Waals surface area (Å²) in [5.41, 5.74) is 5.90. The lowest BCUT2D eigenvalue weighted by Crippen LogP contribution is -2.04. The standard InChI is InChI=1S/C14H11NO4.H4N2/c15-10-4-1-8(2-5-10)13(18)12-11(17)6-3-9(7-16)14(12)19;1-2/h1-7,17,19H,15H2;1-2H2. The van der Waals surface area contributed by atoms with Crippen LogP contribution in [0.3, 0.4) is 0 Å². The smallest absolute Gasteiger partial charge is 0.200 e. The van der Waals surface area contributed by atoms with Crippen LogP contribution in [-0.4, -0.2) is 22.3 Å². The van der Waals surface area contributed by atoms with E-state index in [9.17, 15) is 19.8 Å². The number of nitrogen functional groups attached to an aromatic ring is 1. The highest BCUT2D eigenvalue weighted by atomic mass is 16.3. The van der Waals surface area contributed by atoms with E-state index in [1.54, 1.807) is 0 Å². The van der Waals surface area contributed by atoms with Crippen molar-refractivity contribution in [1.29, 1.82) is 0 Å². The van der Waals surface area contributed by atoms with E-state index in [0.717, 1.165) is 0 Å². The first kappa shape index (κ1) is 16.2. The van der Waals surface area contributed by atoms with Crippen LogP contribution in [-0.2, 0) is 0 Å². The topological polar surface area (TPSA) is 153 Å². The summed E-state index contributed by atoms with van der Waals surface area (Å²) in [7, 11) is 0. The summed E-state index contributed by atoms with van der Waals surface area (Å²) in [5.74, 6) is 6.50. The predicted octanol–water partition coefficient (Wildman–Crippen LogP) is 0.542. The molecule has 0 aliphatic rings. The summed E-state index contributed by atoms with van der Waals surface area (Å²) in [6.45, 7) is 0. The van der Waals surface area contributed by atoms with Gasteiger partial charge in [-0.25, -0.2) is 0 Å². The van der Waals surface area contributed by atoms with Gasteiger partial charge in [0.1, 0.15) is 17.1 Å². The molecule has 0 saturated heterocycles. The van der Waals surface area contributed by atoms with E-state index in [1.807, 2.05) is 0 Å². The second kappa shape index (κ2) is 7.04. The fourth-order valence-electron chi connectivity index (χ4n) is 1.69. The van der Waals surface area contributed by atoms with E-state index in [1.165, 1.54) is 36.4 Å². The lowest BCUT2D eigenvalue weighted by atomic mass is 9.99. The maximum atomic E-state index is 12.2. The number of aldehydes is 1. The molecule has 0 fully saturated rings. The van der Waals surface area contributed by atoms with Gasteiger partial charge in [-0.15, -0.1) is 0 Å². The number of hydrogen-bond acceptors (Lipinski definition) is 7. The minimum absolute atomic E-state index is 0.0587. The van der Waals surface area contributed by atoms with E-state index in [0.29, 0.717) is 12.0 Å². The molecule has 0 aromatic heterocycles. The summed E-state index contributed by atoms with van der Waals surface area (Å²) >= 11 is 0. The van der Waals surface area contributed by atoms with Crippen LogP contribution in [0.25, 0.3) is 0 Å². The number of nitrogens with two attached hydrogens (primary N) is 3. The van der Waals surface area contributed by atoms with Gasteiger partial charge in [0.05, 0.1) is 5.56 Å². The zero-order valence-electron chi connectivity index (χ0n) is 11.0. The Bertz CT molecular complexity index is 654. The fraction of sp³-hybridized carbons (Fsp3) is 0. The predicted molar refractivity (Wildman–Crippen MR) is 77.8 cm³/mol. The molecule has 7 heteroatoms. The van der Waals surface area contributed by atoms with Crippen molar-refractivity contribution in [3.63, 3.8) is 0 Å². The van der Waals surface area contributed by atoms with Crippen molar-refractivity contribution < 1.29 is 19.8 Å². The van der Waals surface area contributed by atoms with E-state index >= 15 is 0 Å². The molecule has 0 saturated carbocycles. The molecule has 0 spiro atoms. The largest absolute Gasteiger partial charge is 0.507 e. The Hall–Kier alpha value is -2.90. The van der Waals surface area contributed by atoms with Crippen molar-refractivity contribution in [3.8, 4) is 11.5 Å². The Morgan fingerprint density at radius 1 is 1.00 bits per heavy atom. The van der Waals surface area contributed by atoms with E-state index in [-0.39, 0.29) is 22.4 Å². The number of ketones is 1. The summed E-state index contributed by atoms with van der Waals surface area (Å²) in [4.78, 5) is 22.9. The molecular formula is C14H15N3O4. The summed E-state index contributed by atoms with van der Waals surface area (Å²) in [5, 5.41) is 19.5. The number of phenols is 2. The van der Waals surface area contributed by atoms with Gasteiger partial charge < -0.3 is 15.9 Å². The Morgan fingerprint density at radius 3 is 2.10 bits per heavy atom. The van der Waals surface area contributed by atoms with Crippen LogP contribution >= 0.6 is 0 Å². The number of anilines is 1. The van der Waals surface area contributed by atoms with E-state index < -0.39 is 11.5 Å². The van der Waals surface area contributed by atoms with Crippen molar-refractivity contribution in [3.05, 3.63) is 53.1 Å². The van der Waals surface area contributed by atoms with Crippen LogP contribution in [0.5, 0.6) is 11.5 Å². The molecule has 21 heavy (non-hydrogen) atoms. The third-order valence-electron chi connectivity index (χ3n) is 2.71. The normalized spacial score (nSPS) is 9.43. The van der Waals surface area contributed by atoms with Crippen LogP contribution in [0.4, 0.5) is 5.69 Å². The number of hydrazine groups is 1. The van der Waals surface area contributed by atoms with Gasteiger partial charge >= 0.3 is 0 Å². The fourth-order valence-corrected chi connectivity index (χ4v) is 1.69. The highest BCUT2D eigenvalue weighted by Crippen LogP contribution is 2.31. The number of carbonyl (C=O) groups excluding carboxylic acids is 2. The Labute approximate surface area is 120 Å². The molecule has 0 aliphatic heterocycles. The van der Waals surface area contributed by atoms with Gasteiger partial charge in [0.15, 0.2) is 6.29 Å². The Kier molecular flexibility index (Phi) is 5.41. The van der Waals surface area contributed by atoms with Crippen molar-refractivity contribution in [1.82, 2.24) is 0 Å². The monoisotopic (exact) mass is 289 g/mol. The molecule has 0 heterocycles. The molecular weight excluding hydrogens is 274 g/mol. The molecule has 0 bridgehead atoms. The van der Waals surface area contributed by atoms with Gasteiger partial charge in [0.2, 0.25) is 5.78 Å². The lowest BCUT2D eigenvalue weighted by molar-refractivity contribution is 0.103. The quantitative estimate of drug-likeness (QED) is 0.182.